The number of carbonyl (C=O) groups excluding carboxylic acids is 1. The first-order valence-corrected chi connectivity index (χ1v) is 7.90. The zero-order chi connectivity index (χ0) is 13.1. The lowest BCUT2D eigenvalue weighted by atomic mass is 10.2. The molecule has 18 heavy (non-hydrogen) atoms. The quantitative estimate of drug-likeness (QED) is 0.791. The third-order valence-corrected chi connectivity index (χ3v) is 5.33. The van der Waals surface area contributed by atoms with Crippen LogP contribution in [0.25, 0.3) is 0 Å². The van der Waals surface area contributed by atoms with E-state index in [1.54, 1.807) is 4.90 Å². The van der Waals surface area contributed by atoms with Gasteiger partial charge in [0.15, 0.2) is 0 Å². The van der Waals surface area contributed by atoms with Gasteiger partial charge in [-0.15, -0.1) is 11.3 Å². The van der Waals surface area contributed by atoms with Crippen LogP contribution < -0.4 is 0 Å². The molecule has 0 atom stereocenters. The van der Waals surface area contributed by atoms with E-state index in [1.807, 2.05) is 13.1 Å². The summed E-state index contributed by atoms with van der Waals surface area (Å²) in [5.74, 6) is 0. The van der Waals surface area contributed by atoms with Gasteiger partial charge in [0.1, 0.15) is 6.61 Å². The van der Waals surface area contributed by atoms with E-state index in [0.29, 0.717) is 10.4 Å². The molecule has 1 fully saturated rings. The van der Waals surface area contributed by atoms with Crippen molar-refractivity contribution < 1.29 is 9.53 Å². The van der Waals surface area contributed by atoms with E-state index < -0.39 is 0 Å². The van der Waals surface area contributed by atoms with Gasteiger partial charge in [0.2, 0.25) is 0 Å². The van der Waals surface area contributed by atoms with E-state index in [2.05, 4.69) is 15.9 Å². The fraction of sp³-hybridized carbons (Fsp3) is 0.583. The Hall–Kier alpha value is -0.260. The number of ether oxygens (including phenoxy) is 1. The van der Waals surface area contributed by atoms with Crippen LogP contribution in [0.5, 0.6) is 0 Å². The zero-order valence-corrected chi connectivity index (χ0v) is 13.3. The standard InChI is InChI=1S/C12H15BrClNO2S/c1-15(9-4-2-3-5-9)12(16)17-7-8-6-10(14)18-11(8)13/h6,9H,2-5,7H2,1H3. The molecule has 1 aliphatic rings. The molecule has 0 N–H and O–H groups in total. The average Bonchev–Trinajstić information content (AvgIpc) is 2.95. The molecule has 2 rings (SSSR count). The molecular formula is C12H15BrClNO2S. The summed E-state index contributed by atoms with van der Waals surface area (Å²) in [5, 5.41) is 0. The van der Waals surface area contributed by atoms with Crippen molar-refractivity contribution in [2.24, 2.45) is 0 Å². The van der Waals surface area contributed by atoms with Gasteiger partial charge in [-0.1, -0.05) is 24.4 Å². The van der Waals surface area contributed by atoms with Crippen LogP contribution in [-0.4, -0.2) is 24.1 Å². The van der Waals surface area contributed by atoms with Crippen molar-refractivity contribution in [2.45, 2.75) is 38.3 Å². The number of carbonyl (C=O) groups is 1. The maximum absolute atomic E-state index is 11.9. The lowest BCUT2D eigenvalue weighted by molar-refractivity contribution is 0.0917. The van der Waals surface area contributed by atoms with E-state index >= 15 is 0 Å². The maximum atomic E-state index is 11.9. The lowest BCUT2D eigenvalue weighted by Gasteiger charge is -2.23. The molecule has 100 valence electrons. The highest BCUT2D eigenvalue weighted by Crippen LogP contribution is 2.32. The first-order valence-electron chi connectivity index (χ1n) is 5.91. The molecule has 3 nitrogen and oxygen atoms in total. The molecule has 0 bridgehead atoms. The Morgan fingerprint density at radius 2 is 2.28 bits per heavy atom. The average molecular weight is 353 g/mol. The van der Waals surface area contributed by atoms with Crippen LogP contribution in [0.2, 0.25) is 4.34 Å². The Bertz CT molecular complexity index is 432. The molecule has 0 aromatic carbocycles. The summed E-state index contributed by atoms with van der Waals surface area (Å²) in [6.07, 6.45) is 4.32. The minimum absolute atomic E-state index is 0.254. The second-order valence-electron chi connectivity index (χ2n) is 4.45. The Kier molecular flexibility index (Phi) is 4.92. The van der Waals surface area contributed by atoms with Crippen molar-refractivity contribution in [3.05, 3.63) is 19.8 Å². The van der Waals surface area contributed by atoms with Crippen LogP contribution in [0.4, 0.5) is 4.79 Å². The maximum Gasteiger partial charge on any atom is 0.410 e. The number of amides is 1. The summed E-state index contributed by atoms with van der Waals surface area (Å²) in [5.41, 5.74) is 0.915. The van der Waals surface area contributed by atoms with E-state index in [4.69, 9.17) is 16.3 Å². The molecule has 0 aliphatic heterocycles. The van der Waals surface area contributed by atoms with Crippen LogP contribution in [0, 0.1) is 0 Å². The van der Waals surface area contributed by atoms with E-state index in [1.165, 1.54) is 24.2 Å². The second-order valence-corrected chi connectivity index (χ2v) is 7.45. The smallest absolute Gasteiger partial charge is 0.410 e. The molecule has 0 radical (unpaired) electrons. The molecule has 1 amide bonds. The summed E-state index contributed by atoms with van der Waals surface area (Å²) in [6.45, 7) is 0.264. The molecular weight excluding hydrogens is 338 g/mol. The SMILES string of the molecule is CN(C(=O)OCc1cc(Cl)sc1Br)C1CCCC1. The molecule has 6 heteroatoms. The summed E-state index contributed by atoms with van der Waals surface area (Å²) in [7, 11) is 1.81. The normalized spacial score (nSPS) is 15.9. The molecule has 0 saturated heterocycles. The molecule has 1 aromatic heterocycles. The summed E-state index contributed by atoms with van der Waals surface area (Å²) in [6, 6.07) is 2.16. The van der Waals surface area contributed by atoms with Gasteiger partial charge in [0, 0.05) is 18.7 Å². The highest BCUT2D eigenvalue weighted by Gasteiger charge is 2.24. The first kappa shape index (κ1) is 14.2. The Morgan fingerprint density at radius 3 is 2.83 bits per heavy atom. The largest absolute Gasteiger partial charge is 0.444 e. The number of hydrogen-bond donors (Lipinski definition) is 0. The summed E-state index contributed by atoms with van der Waals surface area (Å²) < 4.78 is 6.91. The van der Waals surface area contributed by atoms with Gasteiger partial charge in [0.05, 0.1) is 8.12 Å². The topological polar surface area (TPSA) is 29.5 Å². The van der Waals surface area contributed by atoms with Gasteiger partial charge < -0.3 is 9.64 Å². The van der Waals surface area contributed by atoms with Crippen LogP contribution >= 0.6 is 38.9 Å². The number of rotatable bonds is 3. The van der Waals surface area contributed by atoms with Gasteiger partial charge in [-0.25, -0.2) is 4.79 Å². The molecule has 1 aromatic rings. The van der Waals surface area contributed by atoms with Crippen molar-refractivity contribution >= 4 is 45.0 Å². The minimum atomic E-state index is -0.254. The minimum Gasteiger partial charge on any atom is -0.444 e. The van der Waals surface area contributed by atoms with Gasteiger partial charge in [-0.05, 0) is 34.8 Å². The van der Waals surface area contributed by atoms with E-state index in [0.717, 1.165) is 22.2 Å². The lowest BCUT2D eigenvalue weighted by Crippen LogP contribution is -2.35. The predicted octanol–water partition coefficient (Wildman–Crippen LogP) is 4.68. The van der Waals surface area contributed by atoms with Crippen molar-refractivity contribution in [2.75, 3.05) is 7.05 Å². The highest BCUT2D eigenvalue weighted by molar-refractivity contribution is 9.11. The number of thiophene rings is 1. The van der Waals surface area contributed by atoms with Gasteiger partial charge >= 0.3 is 6.09 Å². The van der Waals surface area contributed by atoms with Crippen molar-refractivity contribution in [1.29, 1.82) is 0 Å². The number of halogens is 2. The molecule has 1 aliphatic carbocycles. The Labute approximate surface area is 124 Å². The van der Waals surface area contributed by atoms with Crippen molar-refractivity contribution in [3.8, 4) is 0 Å². The third-order valence-electron chi connectivity index (χ3n) is 3.24. The van der Waals surface area contributed by atoms with Crippen LogP contribution in [-0.2, 0) is 11.3 Å². The predicted molar refractivity (Wildman–Crippen MR) is 77.2 cm³/mol. The summed E-state index contributed by atoms with van der Waals surface area (Å²) in [4.78, 5) is 13.6. The monoisotopic (exact) mass is 351 g/mol. The second kappa shape index (κ2) is 6.26. The first-order chi connectivity index (χ1) is 8.58. The zero-order valence-electron chi connectivity index (χ0n) is 10.1. The Morgan fingerprint density at radius 1 is 1.61 bits per heavy atom. The van der Waals surface area contributed by atoms with Gasteiger partial charge in [-0.2, -0.15) is 0 Å². The molecule has 0 unspecified atom stereocenters. The molecule has 1 saturated carbocycles. The van der Waals surface area contributed by atoms with Crippen LogP contribution in [0.15, 0.2) is 9.85 Å². The number of hydrogen-bond acceptors (Lipinski definition) is 3. The Balaban J connectivity index is 1.85. The van der Waals surface area contributed by atoms with Crippen molar-refractivity contribution in [1.82, 2.24) is 4.90 Å². The summed E-state index contributed by atoms with van der Waals surface area (Å²) >= 11 is 10.7. The van der Waals surface area contributed by atoms with Gasteiger partial charge in [-0.3, -0.25) is 0 Å². The van der Waals surface area contributed by atoms with Crippen molar-refractivity contribution in [3.63, 3.8) is 0 Å². The van der Waals surface area contributed by atoms with E-state index in [-0.39, 0.29) is 12.7 Å². The fourth-order valence-corrected chi connectivity index (χ4v) is 4.17. The molecule has 1 heterocycles. The van der Waals surface area contributed by atoms with E-state index in [9.17, 15) is 4.79 Å². The fourth-order valence-electron chi connectivity index (χ4n) is 2.15. The molecule has 0 spiro atoms. The van der Waals surface area contributed by atoms with Crippen LogP contribution in [0.1, 0.15) is 31.2 Å². The van der Waals surface area contributed by atoms with Gasteiger partial charge in [0.25, 0.3) is 0 Å². The highest BCUT2D eigenvalue weighted by atomic mass is 79.9. The number of nitrogens with zero attached hydrogens (tertiary/aromatic N) is 1. The van der Waals surface area contributed by atoms with Crippen LogP contribution in [0.3, 0.4) is 0 Å². The third kappa shape index (κ3) is 3.39.